The van der Waals surface area contributed by atoms with E-state index in [0.717, 1.165) is 25.5 Å². The molecule has 0 atom stereocenters. The summed E-state index contributed by atoms with van der Waals surface area (Å²) in [6.45, 7) is 4.70. The highest BCUT2D eigenvalue weighted by Gasteiger charge is 2.02. The average Bonchev–Trinajstić information content (AvgIpc) is 2.75. The molecule has 0 bridgehead atoms. The van der Waals surface area contributed by atoms with Crippen LogP contribution in [0, 0.1) is 0 Å². The lowest BCUT2D eigenvalue weighted by Gasteiger charge is -2.08. The Morgan fingerprint density at radius 3 is 2.81 bits per heavy atom. The lowest BCUT2D eigenvalue weighted by atomic mass is 10.4. The molecule has 0 radical (unpaired) electrons. The summed E-state index contributed by atoms with van der Waals surface area (Å²) in [5.41, 5.74) is 1.26. The normalized spacial score (nSPS) is 10.6. The third-order valence-corrected chi connectivity index (χ3v) is 2.41. The molecular weight excluding hydrogens is 200 g/mol. The van der Waals surface area contributed by atoms with E-state index >= 15 is 0 Å². The molecule has 0 aromatic carbocycles. The van der Waals surface area contributed by atoms with E-state index in [2.05, 4.69) is 45.1 Å². The van der Waals surface area contributed by atoms with Crippen molar-refractivity contribution in [1.29, 1.82) is 0 Å². The quantitative estimate of drug-likeness (QED) is 0.822. The van der Waals surface area contributed by atoms with Crippen molar-refractivity contribution >= 4 is 0 Å². The molecule has 4 nitrogen and oxygen atoms in total. The molecule has 2 heterocycles. The minimum Gasteiger partial charge on any atom is -0.343 e. The second-order valence-corrected chi connectivity index (χ2v) is 3.57. The number of hydrogen-bond acceptors (Lipinski definition) is 3. The first-order valence-electron chi connectivity index (χ1n) is 5.50. The lowest BCUT2D eigenvalue weighted by molar-refractivity contribution is 0.644. The first kappa shape index (κ1) is 10.8. The average molecular weight is 216 g/mol. The van der Waals surface area contributed by atoms with Crippen molar-refractivity contribution in [2.24, 2.45) is 0 Å². The van der Waals surface area contributed by atoms with Gasteiger partial charge in [0.1, 0.15) is 5.82 Å². The number of rotatable bonds is 5. The molecule has 0 aliphatic rings. The van der Waals surface area contributed by atoms with Crippen molar-refractivity contribution < 1.29 is 0 Å². The fourth-order valence-electron chi connectivity index (χ4n) is 1.58. The highest BCUT2D eigenvalue weighted by Crippen LogP contribution is 2.04. The van der Waals surface area contributed by atoms with Crippen molar-refractivity contribution in [2.45, 2.75) is 20.0 Å². The molecule has 0 saturated carbocycles. The van der Waals surface area contributed by atoms with Gasteiger partial charge in [0.25, 0.3) is 0 Å². The van der Waals surface area contributed by atoms with Gasteiger partial charge in [0, 0.05) is 30.8 Å². The zero-order valence-electron chi connectivity index (χ0n) is 9.43. The van der Waals surface area contributed by atoms with Gasteiger partial charge in [-0.15, -0.1) is 0 Å². The standard InChI is InChI=1S/C12H16N4/c1-2-13-9-11-5-3-8-16(11)10-12-14-6-4-7-15-12/h3-8,13H,2,9-10H2,1H3. The van der Waals surface area contributed by atoms with Crippen LogP contribution in [-0.2, 0) is 13.1 Å². The minimum atomic E-state index is 0.731. The molecule has 84 valence electrons. The Morgan fingerprint density at radius 2 is 2.06 bits per heavy atom. The Morgan fingerprint density at radius 1 is 1.25 bits per heavy atom. The fraction of sp³-hybridized carbons (Fsp3) is 0.333. The minimum absolute atomic E-state index is 0.731. The van der Waals surface area contributed by atoms with Crippen molar-refractivity contribution in [2.75, 3.05) is 6.54 Å². The van der Waals surface area contributed by atoms with Gasteiger partial charge < -0.3 is 9.88 Å². The summed E-state index contributed by atoms with van der Waals surface area (Å²) >= 11 is 0. The van der Waals surface area contributed by atoms with E-state index in [4.69, 9.17) is 0 Å². The molecule has 0 aliphatic heterocycles. The van der Waals surface area contributed by atoms with Crippen molar-refractivity contribution in [3.8, 4) is 0 Å². The Balaban J connectivity index is 2.07. The zero-order valence-corrected chi connectivity index (χ0v) is 9.43. The van der Waals surface area contributed by atoms with Gasteiger partial charge in [-0.05, 0) is 24.7 Å². The van der Waals surface area contributed by atoms with Gasteiger partial charge in [-0.3, -0.25) is 0 Å². The largest absolute Gasteiger partial charge is 0.343 e. The number of nitrogens with zero attached hydrogens (tertiary/aromatic N) is 3. The van der Waals surface area contributed by atoms with E-state index in [1.54, 1.807) is 12.4 Å². The van der Waals surface area contributed by atoms with Crippen LogP contribution in [0.4, 0.5) is 0 Å². The van der Waals surface area contributed by atoms with Gasteiger partial charge in [0.05, 0.1) is 6.54 Å². The van der Waals surface area contributed by atoms with Crippen LogP contribution < -0.4 is 5.32 Å². The van der Waals surface area contributed by atoms with Crippen molar-refractivity contribution in [1.82, 2.24) is 19.9 Å². The lowest BCUT2D eigenvalue weighted by Crippen LogP contribution is -2.16. The molecule has 0 unspecified atom stereocenters. The summed E-state index contributed by atoms with van der Waals surface area (Å²) in [4.78, 5) is 8.45. The molecule has 2 rings (SSSR count). The van der Waals surface area contributed by atoms with Crippen LogP contribution in [0.1, 0.15) is 18.4 Å². The number of aromatic nitrogens is 3. The third-order valence-electron chi connectivity index (χ3n) is 2.41. The third kappa shape index (κ3) is 2.67. The topological polar surface area (TPSA) is 42.7 Å². The van der Waals surface area contributed by atoms with E-state index < -0.39 is 0 Å². The molecule has 0 amide bonds. The van der Waals surface area contributed by atoms with Gasteiger partial charge in [-0.1, -0.05) is 6.92 Å². The van der Waals surface area contributed by atoms with Crippen LogP contribution in [0.25, 0.3) is 0 Å². The summed E-state index contributed by atoms with van der Waals surface area (Å²) in [6, 6.07) is 6.00. The van der Waals surface area contributed by atoms with Gasteiger partial charge in [0.15, 0.2) is 0 Å². The Labute approximate surface area is 95.4 Å². The SMILES string of the molecule is CCNCc1cccn1Cc1ncccn1. The maximum atomic E-state index is 4.22. The second kappa shape index (κ2) is 5.42. The van der Waals surface area contributed by atoms with E-state index in [9.17, 15) is 0 Å². The van der Waals surface area contributed by atoms with Gasteiger partial charge in [-0.25, -0.2) is 9.97 Å². The van der Waals surface area contributed by atoms with Crippen LogP contribution in [0.15, 0.2) is 36.8 Å². The molecule has 0 spiro atoms. The first-order chi connectivity index (χ1) is 7.90. The summed E-state index contributed by atoms with van der Waals surface area (Å²) in [5, 5.41) is 3.32. The van der Waals surface area contributed by atoms with E-state index in [1.165, 1.54) is 5.69 Å². The van der Waals surface area contributed by atoms with Crippen molar-refractivity contribution in [3.63, 3.8) is 0 Å². The molecule has 0 saturated heterocycles. The predicted octanol–water partition coefficient (Wildman–Crippen LogP) is 1.44. The summed E-state index contributed by atoms with van der Waals surface area (Å²) in [6.07, 6.45) is 5.61. The molecule has 2 aromatic rings. The Hall–Kier alpha value is -1.68. The molecule has 0 aliphatic carbocycles. The monoisotopic (exact) mass is 216 g/mol. The molecule has 16 heavy (non-hydrogen) atoms. The second-order valence-electron chi connectivity index (χ2n) is 3.57. The molecule has 4 heteroatoms. The number of nitrogens with one attached hydrogen (secondary N) is 1. The summed E-state index contributed by atoms with van der Waals surface area (Å²) in [7, 11) is 0. The van der Waals surface area contributed by atoms with Crippen LogP contribution >= 0.6 is 0 Å². The highest BCUT2D eigenvalue weighted by molar-refractivity contribution is 5.08. The fourth-order valence-corrected chi connectivity index (χ4v) is 1.58. The van der Waals surface area contributed by atoms with Gasteiger partial charge >= 0.3 is 0 Å². The Kier molecular flexibility index (Phi) is 3.66. The van der Waals surface area contributed by atoms with E-state index in [-0.39, 0.29) is 0 Å². The molecule has 2 aromatic heterocycles. The predicted molar refractivity (Wildman–Crippen MR) is 62.9 cm³/mol. The maximum absolute atomic E-state index is 4.22. The van der Waals surface area contributed by atoms with E-state index in [1.807, 2.05) is 6.07 Å². The molecule has 0 fully saturated rings. The summed E-state index contributed by atoms with van der Waals surface area (Å²) in [5.74, 6) is 0.844. The number of hydrogen-bond donors (Lipinski definition) is 1. The van der Waals surface area contributed by atoms with Crippen LogP contribution in [0.2, 0.25) is 0 Å². The first-order valence-corrected chi connectivity index (χ1v) is 5.50. The molecular formula is C12H16N4. The van der Waals surface area contributed by atoms with Crippen molar-refractivity contribution in [3.05, 3.63) is 48.3 Å². The van der Waals surface area contributed by atoms with Gasteiger partial charge in [-0.2, -0.15) is 0 Å². The van der Waals surface area contributed by atoms with Crippen LogP contribution in [0.5, 0.6) is 0 Å². The Bertz CT molecular complexity index is 422. The maximum Gasteiger partial charge on any atom is 0.147 e. The van der Waals surface area contributed by atoms with Crippen LogP contribution in [-0.4, -0.2) is 21.1 Å². The van der Waals surface area contributed by atoms with E-state index in [0.29, 0.717) is 0 Å². The smallest absolute Gasteiger partial charge is 0.147 e. The summed E-state index contributed by atoms with van der Waals surface area (Å²) < 4.78 is 2.16. The zero-order chi connectivity index (χ0) is 11.2. The van der Waals surface area contributed by atoms with Crippen LogP contribution in [0.3, 0.4) is 0 Å². The molecule has 1 N–H and O–H groups in total. The van der Waals surface area contributed by atoms with Gasteiger partial charge in [0.2, 0.25) is 0 Å². The highest BCUT2D eigenvalue weighted by atomic mass is 15.0.